The lowest BCUT2D eigenvalue weighted by Crippen LogP contribution is -2.40. The second-order valence-electron chi connectivity index (χ2n) is 6.87. The van der Waals surface area contributed by atoms with E-state index in [1.54, 1.807) is 12.1 Å². The lowest BCUT2D eigenvalue weighted by molar-refractivity contribution is 0.0919. The van der Waals surface area contributed by atoms with Gasteiger partial charge >= 0.3 is 0 Å². The van der Waals surface area contributed by atoms with E-state index in [0.29, 0.717) is 11.4 Å². The third-order valence-electron chi connectivity index (χ3n) is 2.15. The maximum atomic E-state index is 11.9. The molecule has 1 rings (SSSR count). The number of pyridine rings is 1. The van der Waals surface area contributed by atoms with Crippen molar-refractivity contribution >= 4 is 17.9 Å². The average molecular weight is 276 g/mol. The van der Waals surface area contributed by atoms with Crippen LogP contribution in [0, 0.1) is 5.41 Å². The van der Waals surface area contributed by atoms with E-state index in [4.69, 9.17) is 0 Å². The molecule has 0 unspecified atom stereocenters. The van der Waals surface area contributed by atoms with Crippen LogP contribution in [-0.2, 0) is 0 Å². The molecule has 1 amide bonds. The number of rotatable bonds is 3. The van der Waals surface area contributed by atoms with Gasteiger partial charge in [-0.3, -0.25) is 10.2 Å². The van der Waals surface area contributed by atoms with Crippen LogP contribution in [0.25, 0.3) is 0 Å². The molecule has 1 aromatic rings. The first-order valence-corrected chi connectivity index (χ1v) is 6.66. The van der Waals surface area contributed by atoms with Gasteiger partial charge in [0.15, 0.2) is 0 Å². The monoisotopic (exact) mass is 276 g/mol. The van der Waals surface area contributed by atoms with Crippen molar-refractivity contribution in [3.05, 3.63) is 23.9 Å². The molecule has 0 saturated carbocycles. The standard InChI is InChI=1S/C15H24N4O/c1-14(2,3)10-17-19-12-8-7-11(9-16-12)13(20)18-15(4,5)6/h7-10H,1-6H3,(H,16,19)(H,18,20)/b17-10+. The number of anilines is 1. The lowest BCUT2D eigenvalue weighted by Gasteiger charge is -2.20. The van der Waals surface area contributed by atoms with Crippen LogP contribution >= 0.6 is 0 Å². The zero-order valence-corrected chi connectivity index (χ0v) is 13.1. The molecular formula is C15H24N4O. The largest absolute Gasteiger partial charge is 0.347 e. The van der Waals surface area contributed by atoms with Gasteiger partial charge in [-0.25, -0.2) is 4.98 Å². The molecule has 0 fully saturated rings. The highest BCUT2D eigenvalue weighted by atomic mass is 16.1. The zero-order chi connectivity index (χ0) is 15.4. The molecule has 0 saturated heterocycles. The van der Waals surface area contributed by atoms with Crippen LogP contribution in [0.15, 0.2) is 23.4 Å². The van der Waals surface area contributed by atoms with Crippen LogP contribution in [0.3, 0.4) is 0 Å². The molecule has 1 heterocycles. The van der Waals surface area contributed by atoms with E-state index < -0.39 is 0 Å². The van der Waals surface area contributed by atoms with Gasteiger partial charge < -0.3 is 5.32 Å². The molecule has 0 aliphatic heterocycles. The molecule has 0 aliphatic rings. The SMILES string of the molecule is CC(C)(C)/C=N/Nc1ccc(C(=O)NC(C)(C)C)cn1. The van der Waals surface area contributed by atoms with E-state index in [1.807, 2.05) is 27.0 Å². The second-order valence-corrected chi connectivity index (χ2v) is 6.87. The Kier molecular flexibility index (Phi) is 4.87. The van der Waals surface area contributed by atoms with E-state index in [9.17, 15) is 4.79 Å². The van der Waals surface area contributed by atoms with Gasteiger partial charge in [0.2, 0.25) is 0 Å². The van der Waals surface area contributed by atoms with Crippen molar-refractivity contribution in [2.45, 2.75) is 47.1 Å². The summed E-state index contributed by atoms with van der Waals surface area (Å²) in [5.41, 5.74) is 3.13. The van der Waals surface area contributed by atoms with Crippen molar-refractivity contribution in [2.24, 2.45) is 10.5 Å². The van der Waals surface area contributed by atoms with Crippen molar-refractivity contribution in [1.29, 1.82) is 0 Å². The predicted octanol–water partition coefficient (Wildman–Crippen LogP) is 3.05. The number of nitrogens with one attached hydrogen (secondary N) is 2. The van der Waals surface area contributed by atoms with Gasteiger partial charge in [0, 0.05) is 18.0 Å². The zero-order valence-electron chi connectivity index (χ0n) is 13.1. The van der Waals surface area contributed by atoms with E-state index >= 15 is 0 Å². The van der Waals surface area contributed by atoms with Crippen LogP contribution in [0.4, 0.5) is 5.82 Å². The van der Waals surface area contributed by atoms with Crippen LogP contribution in [0.2, 0.25) is 0 Å². The summed E-state index contributed by atoms with van der Waals surface area (Å²) in [5.74, 6) is 0.479. The quantitative estimate of drug-likeness (QED) is 0.658. The average Bonchev–Trinajstić information content (AvgIpc) is 2.25. The van der Waals surface area contributed by atoms with Crippen molar-refractivity contribution in [1.82, 2.24) is 10.3 Å². The van der Waals surface area contributed by atoms with Crippen LogP contribution in [0.5, 0.6) is 0 Å². The predicted molar refractivity (Wildman–Crippen MR) is 83.0 cm³/mol. The number of nitrogens with zero attached hydrogens (tertiary/aromatic N) is 2. The van der Waals surface area contributed by atoms with Gasteiger partial charge in [-0.2, -0.15) is 5.10 Å². The third kappa shape index (κ3) is 6.31. The fourth-order valence-corrected chi connectivity index (χ4v) is 1.30. The minimum absolute atomic E-state index is 0.0134. The summed E-state index contributed by atoms with van der Waals surface area (Å²) in [6, 6.07) is 3.46. The smallest absolute Gasteiger partial charge is 0.253 e. The molecule has 0 atom stereocenters. The topological polar surface area (TPSA) is 66.4 Å². The number of hydrogen-bond acceptors (Lipinski definition) is 4. The summed E-state index contributed by atoms with van der Waals surface area (Å²) in [7, 11) is 0. The molecule has 0 aliphatic carbocycles. The number of amides is 1. The Balaban J connectivity index is 2.65. The second kappa shape index (κ2) is 6.03. The van der Waals surface area contributed by atoms with Crippen molar-refractivity contribution < 1.29 is 4.79 Å². The molecule has 0 spiro atoms. The highest BCUT2D eigenvalue weighted by Gasteiger charge is 2.15. The number of hydrazone groups is 1. The maximum Gasteiger partial charge on any atom is 0.253 e. The fraction of sp³-hybridized carbons (Fsp3) is 0.533. The summed E-state index contributed by atoms with van der Waals surface area (Å²) < 4.78 is 0. The molecule has 2 N–H and O–H groups in total. The molecule has 110 valence electrons. The Labute approximate surface area is 120 Å². The highest BCUT2D eigenvalue weighted by Crippen LogP contribution is 2.10. The van der Waals surface area contributed by atoms with Crippen LogP contribution < -0.4 is 10.7 Å². The Morgan fingerprint density at radius 1 is 1.20 bits per heavy atom. The number of carbonyl (C=O) groups excluding carboxylic acids is 1. The first kappa shape index (κ1) is 16.1. The van der Waals surface area contributed by atoms with Gasteiger partial charge in [0.25, 0.3) is 5.91 Å². The Bertz CT molecular complexity index is 478. The molecule has 0 bridgehead atoms. The van der Waals surface area contributed by atoms with E-state index in [1.165, 1.54) is 6.20 Å². The van der Waals surface area contributed by atoms with E-state index in [2.05, 4.69) is 41.6 Å². The van der Waals surface area contributed by atoms with Gasteiger partial charge in [-0.15, -0.1) is 0 Å². The minimum Gasteiger partial charge on any atom is -0.347 e. The fourth-order valence-electron chi connectivity index (χ4n) is 1.30. The van der Waals surface area contributed by atoms with Crippen molar-refractivity contribution in [2.75, 3.05) is 5.43 Å². The Morgan fingerprint density at radius 2 is 1.85 bits per heavy atom. The van der Waals surface area contributed by atoms with Gasteiger partial charge in [-0.1, -0.05) is 20.8 Å². The lowest BCUT2D eigenvalue weighted by atomic mass is 9.99. The summed E-state index contributed by atoms with van der Waals surface area (Å²) >= 11 is 0. The van der Waals surface area contributed by atoms with Gasteiger partial charge in [-0.05, 0) is 38.3 Å². The first-order chi connectivity index (χ1) is 9.07. The van der Waals surface area contributed by atoms with E-state index in [0.717, 1.165) is 0 Å². The van der Waals surface area contributed by atoms with E-state index in [-0.39, 0.29) is 16.9 Å². The number of carbonyl (C=O) groups is 1. The molecule has 5 nitrogen and oxygen atoms in total. The van der Waals surface area contributed by atoms with Gasteiger partial charge in [0.05, 0.1) is 5.56 Å². The first-order valence-electron chi connectivity index (χ1n) is 6.66. The Morgan fingerprint density at radius 3 is 2.30 bits per heavy atom. The summed E-state index contributed by atoms with van der Waals surface area (Å²) in [6.07, 6.45) is 3.35. The summed E-state index contributed by atoms with van der Waals surface area (Å²) in [4.78, 5) is 16.1. The van der Waals surface area contributed by atoms with Gasteiger partial charge in [0.1, 0.15) is 5.82 Å². The maximum absolute atomic E-state index is 11.9. The molecule has 1 aromatic heterocycles. The molecule has 5 heteroatoms. The van der Waals surface area contributed by atoms with Crippen LogP contribution in [0.1, 0.15) is 51.9 Å². The Hall–Kier alpha value is -1.91. The number of aromatic nitrogens is 1. The van der Waals surface area contributed by atoms with Crippen molar-refractivity contribution in [3.63, 3.8) is 0 Å². The minimum atomic E-state index is -0.259. The third-order valence-corrected chi connectivity index (χ3v) is 2.15. The summed E-state index contributed by atoms with van der Waals surface area (Å²) in [5, 5.41) is 7.00. The number of hydrogen-bond donors (Lipinski definition) is 2. The highest BCUT2D eigenvalue weighted by molar-refractivity contribution is 5.94. The normalized spacial score (nSPS) is 12.5. The molecule has 0 aromatic carbocycles. The van der Waals surface area contributed by atoms with Crippen LogP contribution in [-0.4, -0.2) is 22.6 Å². The molecular weight excluding hydrogens is 252 g/mol. The molecule has 0 radical (unpaired) electrons. The molecule has 20 heavy (non-hydrogen) atoms. The van der Waals surface area contributed by atoms with Crippen molar-refractivity contribution in [3.8, 4) is 0 Å². The summed E-state index contributed by atoms with van der Waals surface area (Å²) in [6.45, 7) is 12.0.